The molecule has 5 rings (SSSR count). The molecule has 2 aromatic carbocycles. The van der Waals surface area contributed by atoms with E-state index in [1.807, 2.05) is 43.3 Å². The van der Waals surface area contributed by atoms with Crippen LogP contribution in [0.5, 0.6) is 11.5 Å². The largest absolute Gasteiger partial charge is 0.497 e. The lowest BCUT2D eigenvalue weighted by atomic mass is 9.96. The van der Waals surface area contributed by atoms with Crippen LogP contribution in [0.2, 0.25) is 0 Å². The molecule has 0 radical (unpaired) electrons. The molecular weight excluding hydrogens is 536 g/mol. The molecule has 11 heteroatoms. The van der Waals surface area contributed by atoms with E-state index in [0.29, 0.717) is 36.1 Å². The zero-order chi connectivity index (χ0) is 27.4. The normalized spacial score (nSPS) is 14.8. The summed E-state index contributed by atoms with van der Waals surface area (Å²) < 4.78 is 39.7. The third kappa shape index (κ3) is 5.75. The van der Waals surface area contributed by atoms with E-state index in [-0.39, 0.29) is 36.4 Å². The van der Waals surface area contributed by atoms with Gasteiger partial charge in [0.25, 0.3) is 0 Å². The van der Waals surface area contributed by atoms with Gasteiger partial charge < -0.3 is 9.47 Å². The van der Waals surface area contributed by atoms with Crippen LogP contribution in [0.1, 0.15) is 25.5 Å². The van der Waals surface area contributed by atoms with Crippen molar-refractivity contribution in [1.29, 1.82) is 0 Å². The minimum atomic E-state index is -3.67. The quantitative estimate of drug-likeness (QED) is 0.289. The van der Waals surface area contributed by atoms with Crippen LogP contribution in [0, 0.1) is 5.92 Å². The molecule has 1 aliphatic heterocycles. The van der Waals surface area contributed by atoms with Crippen molar-refractivity contribution in [1.82, 2.24) is 14.3 Å². The second-order valence-corrected chi connectivity index (χ2v) is 12.1. The van der Waals surface area contributed by atoms with Gasteiger partial charge in [0.15, 0.2) is 5.13 Å². The fourth-order valence-corrected chi connectivity index (χ4v) is 7.11. The molecular formula is C28H30N4O5S2. The second-order valence-electron chi connectivity index (χ2n) is 9.13. The number of carbonyl (C=O) groups is 1. The monoisotopic (exact) mass is 566 g/mol. The van der Waals surface area contributed by atoms with Crippen LogP contribution in [-0.4, -0.2) is 55.4 Å². The number of sulfonamides is 1. The molecule has 0 atom stereocenters. The number of thiazole rings is 1. The highest BCUT2D eigenvalue weighted by molar-refractivity contribution is 7.89. The maximum absolute atomic E-state index is 13.9. The first-order chi connectivity index (χ1) is 18.9. The molecule has 3 heterocycles. The number of pyridine rings is 1. The number of nitrogens with zero attached hydrogens (tertiary/aromatic N) is 4. The maximum atomic E-state index is 13.9. The van der Waals surface area contributed by atoms with Crippen molar-refractivity contribution in [2.75, 3.05) is 31.7 Å². The second kappa shape index (κ2) is 11.7. The molecule has 1 amide bonds. The first kappa shape index (κ1) is 27.0. The van der Waals surface area contributed by atoms with Crippen molar-refractivity contribution in [2.45, 2.75) is 31.2 Å². The molecule has 0 N–H and O–H groups in total. The number of methoxy groups -OCH3 is 1. The smallest absolute Gasteiger partial charge is 0.243 e. The number of fused-ring (bicyclic) bond motifs is 1. The molecule has 2 aromatic heterocycles. The molecule has 1 aliphatic rings. The van der Waals surface area contributed by atoms with E-state index in [0.717, 1.165) is 15.9 Å². The van der Waals surface area contributed by atoms with Crippen LogP contribution in [0.25, 0.3) is 10.2 Å². The number of rotatable bonds is 9. The first-order valence-corrected chi connectivity index (χ1v) is 15.0. The third-order valence-corrected chi connectivity index (χ3v) is 9.67. The predicted molar refractivity (Wildman–Crippen MR) is 151 cm³/mol. The van der Waals surface area contributed by atoms with Crippen molar-refractivity contribution >= 4 is 42.6 Å². The number of aromatic nitrogens is 2. The topological polar surface area (TPSA) is 102 Å². The van der Waals surface area contributed by atoms with Crippen LogP contribution in [0.3, 0.4) is 0 Å². The summed E-state index contributed by atoms with van der Waals surface area (Å²) in [6.45, 7) is 3.23. The van der Waals surface area contributed by atoms with Gasteiger partial charge in [-0.05, 0) is 68.3 Å². The summed E-state index contributed by atoms with van der Waals surface area (Å²) >= 11 is 1.43. The van der Waals surface area contributed by atoms with Crippen LogP contribution in [0.15, 0.2) is 71.8 Å². The average molecular weight is 567 g/mol. The Morgan fingerprint density at radius 3 is 2.51 bits per heavy atom. The Balaban J connectivity index is 1.37. The highest BCUT2D eigenvalue weighted by Crippen LogP contribution is 2.36. The van der Waals surface area contributed by atoms with Gasteiger partial charge in [-0.3, -0.25) is 14.7 Å². The Labute approximate surface area is 232 Å². The lowest BCUT2D eigenvalue weighted by Gasteiger charge is -2.33. The number of amides is 1. The van der Waals surface area contributed by atoms with Crippen LogP contribution < -0.4 is 14.4 Å². The lowest BCUT2D eigenvalue weighted by Crippen LogP contribution is -2.44. The van der Waals surface area contributed by atoms with Crippen LogP contribution >= 0.6 is 11.3 Å². The van der Waals surface area contributed by atoms with Crippen LogP contribution in [-0.2, 0) is 21.4 Å². The molecule has 204 valence electrons. The fourth-order valence-electron chi connectivity index (χ4n) is 4.65. The summed E-state index contributed by atoms with van der Waals surface area (Å²) in [6, 6.07) is 17.7. The van der Waals surface area contributed by atoms with Gasteiger partial charge >= 0.3 is 0 Å². The predicted octanol–water partition coefficient (Wildman–Crippen LogP) is 4.73. The molecule has 0 spiro atoms. The Kier molecular flexibility index (Phi) is 8.10. The fraction of sp³-hybridized carbons (Fsp3) is 0.321. The summed E-state index contributed by atoms with van der Waals surface area (Å²) in [4.78, 5) is 25.1. The first-order valence-electron chi connectivity index (χ1n) is 12.8. The van der Waals surface area contributed by atoms with E-state index < -0.39 is 10.0 Å². The summed E-state index contributed by atoms with van der Waals surface area (Å²) in [5.41, 5.74) is 1.47. The molecule has 0 aliphatic carbocycles. The molecule has 9 nitrogen and oxygen atoms in total. The number of piperidine rings is 1. The third-order valence-electron chi connectivity index (χ3n) is 6.71. The van der Waals surface area contributed by atoms with E-state index in [2.05, 4.69) is 4.98 Å². The van der Waals surface area contributed by atoms with E-state index in [9.17, 15) is 13.2 Å². The SMILES string of the molecule is CCOc1cccc2sc(N(Cc3ccccn3)C(=O)C3CCN(S(=O)(=O)c4ccc(OC)cc4)CC3)nc12. The van der Waals surface area contributed by atoms with Crippen molar-refractivity contribution in [3.8, 4) is 11.5 Å². The zero-order valence-electron chi connectivity index (χ0n) is 21.8. The van der Waals surface area contributed by atoms with Crippen LogP contribution in [0.4, 0.5) is 5.13 Å². The van der Waals surface area contributed by atoms with E-state index in [1.165, 1.54) is 22.8 Å². The molecule has 4 aromatic rings. The molecule has 1 saturated heterocycles. The Hall–Kier alpha value is -3.54. The maximum Gasteiger partial charge on any atom is 0.243 e. The molecule has 0 bridgehead atoms. The number of hydrogen-bond donors (Lipinski definition) is 0. The van der Waals surface area contributed by atoms with Gasteiger partial charge in [0.2, 0.25) is 15.9 Å². The van der Waals surface area contributed by atoms with Crippen molar-refractivity contribution in [2.24, 2.45) is 5.92 Å². The van der Waals surface area contributed by atoms with Gasteiger partial charge in [-0.2, -0.15) is 4.31 Å². The van der Waals surface area contributed by atoms with Gasteiger partial charge in [0.05, 0.1) is 35.6 Å². The Morgan fingerprint density at radius 1 is 1.08 bits per heavy atom. The summed E-state index contributed by atoms with van der Waals surface area (Å²) in [5, 5.41) is 0.570. The average Bonchev–Trinajstić information content (AvgIpc) is 3.41. The zero-order valence-corrected chi connectivity index (χ0v) is 23.5. The van der Waals surface area contributed by atoms with Gasteiger partial charge in [0, 0.05) is 25.2 Å². The van der Waals surface area contributed by atoms with Crippen molar-refractivity contribution < 1.29 is 22.7 Å². The summed E-state index contributed by atoms with van der Waals surface area (Å²) in [5.74, 6) is 0.850. The van der Waals surface area contributed by atoms with E-state index in [4.69, 9.17) is 14.5 Å². The van der Waals surface area contributed by atoms with E-state index >= 15 is 0 Å². The van der Waals surface area contributed by atoms with E-state index in [1.54, 1.807) is 35.4 Å². The minimum absolute atomic E-state index is 0.0841. The number of ether oxygens (including phenoxy) is 2. The lowest BCUT2D eigenvalue weighted by molar-refractivity contribution is -0.123. The molecule has 0 unspecified atom stereocenters. The molecule has 39 heavy (non-hydrogen) atoms. The summed E-state index contributed by atoms with van der Waals surface area (Å²) in [7, 11) is -2.13. The number of anilines is 1. The van der Waals surface area contributed by atoms with Crippen molar-refractivity contribution in [3.63, 3.8) is 0 Å². The highest BCUT2D eigenvalue weighted by Gasteiger charge is 2.35. The molecule has 1 fully saturated rings. The number of hydrogen-bond acceptors (Lipinski definition) is 8. The molecule has 0 saturated carbocycles. The Morgan fingerprint density at radius 2 is 1.85 bits per heavy atom. The highest BCUT2D eigenvalue weighted by atomic mass is 32.2. The number of benzene rings is 2. The van der Waals surface area contributed by atoms with Gasteiger partial charge in [-0.1, -0.05) is 23.5 Å². The standard InChI is InChI=1S/C28H30N4O5S2/c1-3-37-24-8-6-9-25-26(24)30-28(38-25)32(19-21-7-4-5-16-29-21)27(33)20-14-17-31(18-15-20)39(34,35)23-12-10-22(36-2)11-13-23/h4-13,16,20H,3,14-15,17-19H2,1-2H3. The van der Waals surface area contributed by atoms with Gasteiger partial charge in [-0.15, -0.1) is 0 Å². The Bertz CT molecular complexity index is 1530. The van der Waals surface area contributed by atoms with Gasteiger partial charge in [-0.25, -0.2) is 13.4 Å². The van der Waals surface area contributed by atoms with Gasteiger partial charge in [0.1, 0.15) is 17.0 Å². The van der Waals surface area contributed by atoms with Crippen molar-refractivity contribution in [3.05, 3.63) is 72.6 Å². The number of para-hydroxylation sites is 1. The number of carbonyl (C=O) groups excluding carboxylic acids is 1. The minimum Gasteiger partial charge on any atom is -0.497 e. The summed E-state index contributed by atoms with van der Waals surface area (Å²) in [6.07, 6.45) is 2.54.